The number of benzene rings is 2. The number of amides is 2. The summed E-state index contributed by atoms with van der Waals surface area (Å²) in [5.41, 5.74) is 0.656. The Morgan fingerprint density at radius 1 is 1.00 bits per heavy atom. The monoisotopic (exact) mass is 513 g/mol. The van der Waals surface area contributed by atoms with E-state index in [-0.39, 0.29) is 10.7 Å². The topological polar surface area (TPSA) is 89.0 Å². The number of rotatable bonds is 6. The summed E-state index contributed by atoms with van der Waals surface area (Å²) in [5.74, 6) is 1.49. The molecular weight excluding hydrogens is 495 g/mol. The van der Waals surface area contributed by atoms with E-state index in [2.05, 4.69) is 25.6 Å². The van der Waals surface area contributed by atoms with Crippen molar-refractivity contribution in [3.05, 3.63) is 89.5 Å². The van der Waals surface area contributed by atoms with E-state index in [1.165, 1.54) is 0 Å². The summed E-state index contributed by atoms with van der Waals surface area (Å²) in [6, 6.07) is 13.7. The molecule has 4 rings (SSSR count). The highest BCUT2D eigenvalue weighted by Crippen LogP contribution is 2.34. The summed E-state index contributed by atoms with van der Waals surface area (Å²) >= 11 is 5.92. The van der Waals surface area contributed by atoms with Gasteiger partial charge in [0.05, 0.1) is 27.5 Å². The van der Waals surface area contributed by atoms with Gasteiger partial charge in [-0.2, -0.15) is 13.2 Å². The number of carbonyl (C=O) groups excluding carboxylic acids is 1. The summed E-state index contributed by atoms with van der Waals surface area (Å²) < 4.78 is 44.7. The minimum absolute atomic E-state index is 0.0252. The molecule has 0 aliphatic carbocycles. The maximum Gasteiger partial charge on any atom is 0.416 e. The van der Waals surface area contributed by atoms with Crippen LogP contribution in [0.1, 0.15) is 18.3 Å². The predicted molar refractivity (Wildman–Crippen MR) is 130 cm³/mol. The number of anilines is 2. The average Bonchev–Trinajstić information content (AvgIpc) is 2.86. The van der Waals surface area contributed by atoms with Crippen molar-refractivity contribution in [2.75, 3.05) is 10.6 Å². The minimum Gasteiger partial charge on any atom is -0.438 e. The van der Waals surface area contributed by atoms with Gasteiger partial charge in [0, 0.05) is 24.5 Å². The zero-order valence-corrected chi connectivity index (χ0v) is 19.6. The maximum absolute atomic E-state index is 12.9. The first-order chi connectivity index (χ1) is 17.2. The second-order valence-corrected chi connectivity index (χ2v) is 7.87. The Balaban J connectivity index is 1.44. The molecule has 0 bridgehead atoms. The Bertz CT molecular complexity index is 1380. The smallest absolute Gasteiger partial charge is 0.416 e. The lowest BCUT2D eigenvalue weighted by Gasteiger charge is -2.13. The maximum atomic E-state index is 12.9. The number of halogens is 4. The van der Waals surface area contributed by atoms with Gasteiger partial charge in [-0.3, -0.25) is 0 Å². The molecule has 0 saturated heterocycles. The molecule has 7 nitrogen and oxygen atoms in total. The van der Waals surface area contributed by atoms with E-state index in [9.17, 15) is 18.0 Å². The second kappa shape index (κ2) is 10.6. The van der Waals surface area contributed by atoms with Crippen LogP contribution in [0.25, 0.3) is 11.3 Å². The molecule has 0 aliphatic heterocycles. The lowest BCUT2D eigenvalue weighted by Crippen LogP contribution is -2.20. The van der Waals surface area contributed by atoms with Gasteiger partial charge in [-0.25, -0.2) is 19.7 Å². The van der Waals surface area contributed by atoms with Gasteiger partial charge in [0.25, 0.3) is 0 Å². The van der Waals surface area contributed by atoms with Gasteiger partial charge in [-0.1, -0.05) is 18.5 Å². The minimum atomic E-state index is -4.56. The summed E-state index contributed by atoms with van der Waals surface area (Å²) in [7, 11) is 0. The molecule has 11 heteroatoms. The number of nitrogens with one attached hydrogen (secondary N) is 2. The third-order valence-electron chi connectivity index (χ3n) is 4.94. The zero-order chi connectivity index (χ0) is 25.7. The number of aromatic nitrogens is 3. The first-order valence-electron chi connectivity index (χ1n) is 10.7. The van der Waals surface area contributed by atoms with Crippen molar-refractivity contribution < 1.29 is 22.7 Å². The molecule has 0 unspecified atom stereocenters. The molecule has 2 heterocycles. The van der Waals surface area contributed by atoms with Gasteiger partial charge in [-0.05, 0) is 60.7 Å². The van der Waals surface area contributed by atoms with Crippen molar-refractivity contribution in [1.29, 1.82) is 0 Å². The van der Waals surface area contributed by atoms with Gasteiger partial charge in [0.1, 0.15) is 11.6 Å². The molecule has 0 radical (unpaired) electrons. The Kier molecular flexibility index (Phi) is 7.35. The Labute approximate surface area is 209 Å². The lowest BCUT2D eigenvalue weighted by molar-refractivity contribution is -0.137. The third kappa shape index (κ3) is 6.08. The number of nitrogens with zero attached hydrogens (tertiary/aromatic N) is 3. The number of hydrogen-bond donors (Lipinski definition) is 2. The van der Waals surface area contributed by atoms with Crippen LogP contribution in [-0.2, 0) is 12.6 Å². The molecule has 0 saturated carbocycles. The van der Waals surface area contributed by atoms with Crippen LogP contribution < -0.4 is 15.4 Å². The van der Waals surface area contributed by atoms with Crippen molar-refractivity contribution >= 4 is 29.0 Å². The molecule has 184 valence electrons. The standard InChI is InChI=1S/C25H19ClF3N5O2/c1-2-22-30-13-11-20(33-22)18-4-3-12-31-23(18)36-17-8-6-16(7-9-17)32-24(35)34-21-14-15(25(27,28)29)5-10-19(21)26/h3-14H,2H2,1H3,(H2,32,34,35). The van der Waals surface area contributed by atoms with Gasteiger partial charge in [-0.15, -0.1) is 0 Å². The number of pyridine rings is 1. The van der Waals surface area contributed by atoms with Crippen LogP contribution in [0.5, 0.6) is 11.6 Å². The number of alkyl halides is 3. The van der Waals surface area contributed by atoms with Crippen molar-refractivity contribution in [2.45, 2.75) is 19.5 Å². The van der Waals surface area contributed by atoms with Crippen LogP contribution in [0.3, 0.4) is 0 Å². The van der Waals surface area contributed by atoms with E-state index in [1.807, 2.05) is 13.0 Å². The molecule has 0 aliphatic rings. The summed E-state index contributed by atoms with van der Waals surface area (Å²) in [6.07, 6.45) is -0.602. The summed E-state index contributed by atoms with van der Waals surface area (Å²) in [4.78, 5) is 25.3. The Morgan fingerprint density at radius 3 is 2.50 bits per heavy atom. The third-order valence-corrected chi connectivity index (χ3v) is 5.27. The van der Waals surface area contributed by atoms with Gasteiger partial charge < -0.3 is 15.4 Å². The number of urea groups is 1. The van der Waals surface area contributed by atoms with E-state index in [0.717, 1.165) is 18.2 Å². The van der Waals surface area contributed by atoms with Gasteiger partial charge in [0.15, 0.2) is 0 Å². The van der Waals surface area contributed by atoms with Gasteiger partial charge >= 0.3 is 12.2 Å². The average molecular weight is 514 g/mol. The number of hydrogen-bond acceptors (Lipinski definition) is 5. The van der Waals surface area contributed by atoms with Crippen LogP contribution in [-0.4, -0.2) is 21.0 Å². The molecule has 4 aromatic rings. The summed E-state index contributed by atoms with van der Waals surface area (Å²) in [5, 5.41) is 4.84. The van der Waals surface area contributed by atoms with E-state index < -0.39 is 17.8 Å². The van der Waals surface area contributed by atoms with Crippen molar-refractivity contribution in [1.82, 2.24) is 15.0 Å². The van der Waals surface area contributed by atoms with E-state index in [1.54, 1.807) is 48.8 Å². The Hall–Kier alpha value is -4.18. The van der Waals surface area contributed by atoms with E-state index >= 15 is 0 Å². The fourth-order valence-corrected chi connectivity index (χ4v) is 3.35. The molecular formula is C25H19ClF3N5O2. The van der Waals surface area contributed by atoms with Crippen LogP contribution >= 0.6 is 11.6 Å². The molecule has 0 atom stereocenters. The number of aryl methyl sites for hydroxylation is 1. The van der Waals surface area contributed by atoms with Crippen molar-refractivity contribution in [3.8, 4) is 22.9 Å². The van der Waals surface area contributed by atoms with Crippen LogP contribution in [0.15, 0.2) is 73.1 Å². The fourth-order valence-electron chi connectivity index (χ4n) is 3.19. The first kappa shape index (κ1) is 24.9. The largest absolute Gasteiger partial charge is 0.438 e. The molecule has 0 spiro atoms. The highest BCUT2D eigenvalue weighted by molar-refractivity contribution is 6.33. The van der Waals surface area contributed by atoms with Crippen LogP contribution in [0.4, 0.5) is 29.3 Å². The lowest BCUT2D eigenvalue weighted by atomic mass is 10.2. The van der Waals surface area contributed by atoms with Gasteiger partial charge in [0.2, 0.25) is 5.88 Å². The normalized spacial score (nSPS) is 11.1. The fraction of sp³-hybridized carbons (Fsp3) is 0.120. The first-order valence-corrected chi connectivity index (χ1v) is 11.1. The molecule has 36 heavy (non-hydrogen) atoms. The second-order valence-electron chi connectivity index (χ2n) is 7.47. The van der Waals surface area contributed by atoms with E-state index in [4.69, 9.17) is 16.3 Å². The highest BCUT2D eigenvalue weighted by atomic mass is 35.5. The molecule has 2 aromatic heterocycles. The highest BCUT2D eigenvalue weighted by Gasteiger charge is 2.31. The molecule has 2 amide bonds. The Morgan fingerprint density at radius 2 is 1.78 bits per heavy atom. The van der Waals surface area contributed by atoms with Crippen LogP contribution in [0.2, 0.25) is 5.02 Å². The van der Waals surface area contributed by atoms with E-state index in [0.29, 0.717) is 40.8 Å². The quantitative estimate of drug-likeness (QED) is 0.284. The molecule has 0 fully saturated rings. The van der Waals surface area contributed by atoms with Crippen molar-refractivity contribution in [3.63, 3.8) is 0 Å². The number of ether oxygens (including phenoxy) is 1. The van der Waals surface area contributed by atoms with Crippen LogP contribution in [0, 0.1) is 0 Å². The number of carbonyl (C=O) groups is 1. The SMILES string of the molecule is CCc1nccc(-c2cccnc2Oc2ccc(NC(=O)Nc3cc(C(F)(F)F)ccc3Cl)cc2)n1. The molecule has 2 N–H and O–H groups in total. The van der Waals surface area contributed by atoms with Crippen molar-refractivity contribution in [2.24, 2.45) is 0 Å². The summed E-state index contributed by atoms with van der Waals surface area (Å²) in [6.45, 7) is 1.96. The molecule has 2 aromatic carbocycles. The predicted octanol–water partition coefficient (Wildman–Crippen LogP) is 7.21. The zero-order valence-electron chi connectivity index (χ0n) is 18.8.